The number of furan rings is 3. The second-order valence-electron chi connectivity index (χ2n) is 26.6. The highest BCUT2D eigenvalue weighted by Gasteiger charge is 2.22. The zero-order chi connectivity index (χ0) is 66.7. The smallest absolute Gasteiger partial charge is 0.164 e. The Morgan fingerprint density at radius 1 is 0.167 bits per heavy atom. The van der Waals surface area contributed by atoms with Crippen LogP contribution in [0.15, 0.2) is 341 Å². The minimum Gasteiger partial charge on any atom is -0.456 e. The third kappa shape index (κ3) is 8.68. The summed E-state index contributed by atoms with van der Waals surface area (Å²) in [6.07, 6.45) is 0. The molecule has 0 amide bonds. The van der Waals surface area contributed by atoms with Crippen molar-refractivity contribution in [3.8, 4) is 84.6 Å². The Balaban J connectivity index is 0.637. The van der Waals surface area contributed by atoms with Crippen LogP contribution in [0.2, 0.25) is 0 Å². The summed E-state index contributed by atoms with van der Waals surface area (Å²) in [6, 6.07) is 117. The predicted octanol–water partition coefficient (Wildman–Crippen LogP) is 24.9. The average molecular weight is 1300 g/mol. The minimum atomic E-state index is 0.568. The van der Waals surface area contributed by atoms with Crippen molar-refractivity contribution in [3.63, 3.8) is 0 Å². The molecule has 0 aliphatic rings. The predicted molar refractivity (Wildman–Crippen MR) is 417 cm³/mol. The van der Waals surface area contributed by atoms with Crippen LogP contribution in [-0.4, -0.2) is 28.7 Å². The second-order valence-corrected chi connectivity index (χ2v) is 26.6. The van der Waals surface area contributed by atoms with E-state index in [2.05, 4.69) is 305 Å². The number of para-hydroxylation sites is 6. The first kappa shape index (κ1) is 56.2. The molecule has 22 aromatic rings. The van der Waals surface area contributed by atoms with Crippen molar-refractivity contribution in [2.45, 2.75) is 0 Å². The quantitative estimate of drug-likeness (QED) is 0.143. The van der Waals surface area contributed by atoms with Gasteiger partial charge in [0.1, 0.15) is 33.5 Å². The molecule has 9 heteroatoms. The summed E-state index contributed by atoms with van der Waals surface area (Å²) in [7, 11) is 0. The molecule has 0 N–H and O–H groups in total. The number of fused-ring (bicyclic) bond motifs is 18. The summed E-state index contributed by atoms with van der Waals surface area (Å²) < 4.78 is 26.1. The first-order valence-corrected chi connectivity index (χ1v) is 34.4. The standard InChI is InChI=1S/C93H54N6O3/c1-7-19-79-67(13-1)76-49-58(61-31-43-73-70-16-4-10-22-85(70)100-88(73)52-61)34-46-82(76)97(79)64-37-25-55(26-38-64)91-94-92(56-27-39-65(40-28-56)98-80-20-8-2-14-68(80)77-50-59(35-47-83(77)98)62-32-44-74-71-17-5-11-23-86(71)101-89(74)53-62)96-93(95-91)57-29-41-66(42-30-57)99-81-21-9-3-15-69(81)78-51-60(36-48-84(78)99)63-33-45-75-72-18-6-12-24-87(72)102-90(75)54-63/h1-54H. The van der Waals surface area contributed by atoms with Crippen molar-refractivity contribution in [1.82, 2.24) is 28.7 Å². The van der Waals surface area contributed by atoms with Gasteiger partial charge in [-0.05, 0) is 215 Å². The number of rotatable bonds is 9. The summed E-state index contributed by atoms with van der Waals surface area (Å²) in [5, 5.41) is 13.8. The van der Waals surface area contributed by atoms with E-state index in [-0.39, 0.29) is 0 Å². The Hall–Kier alpha value is -13.9. The van der Waals surface area contributed by atoms with Gasteiger partial charge in [0, 0.05) is 98.4 Å². The summed E-state index contributed by atoms with van der Waals surface area (Å²) in [5.41, 5.74) is 24.4. The van der Waals surface area contributed by atoms with E-state index in [9.17, 15) is 0 Å². The van der Waals surface area contributed by atoms with Gasteiger partial charge >= 0.3 is 0 Å². The number of benzene rings is 15. The van der Waals surface area contributed by atoms with E-state index in [1.807, 2.05) is 36.4 Å². The molecule has 0 fully saturated rings. The Morgan fingerprint density at radius 2 is 0.392 bits per heavy atom. The van der Waals surface area contributed by atoms with Gasteiger partial charge in [-0.1, -0.05) is 146 Å². The van der Waals surface area contributed by atoms with Crippen LogP contribution in [0.5, 0.6) is 0 Å². The lowest BCUT2D eigenvalue weighted by molar-refractivity contribution is 0.668. The third-order valence-corrected chi connectivity index (χ3v) is 20.9. The molecule has 0 saturated carbocycles. The number of hydrogen-bond acceptors (Lipinski definition) is 6. The van der Waals surface area contributed by atoms with E-state index >= 15 is 0 Å². The molecule has 0 atom stereocenters. The van der Waals surface area contributed by atoms with Crippen molar-refractivity contribution < 1.29 is 13.3 Å². The Morgan fingerprint density at radius 3 is 0.696 bits per heavy atom. The van der Waals surface area contributed by atoms with Crippen LogP contribution in [-0.2, 0) is 0 Å². The molecule has 15 aromatic carbocycles. The maximum Gasteiger partial charge on any atom is 0.164 e. The first-order chi connectivity index (χ1) is 50.5. The van der Waals surface area contributed by atoms with Crippen molar-refractivity contribution in [2.75, 3.05) is 0 Å². The summed E-state index contributed by atoms with van der Waals surface area (Å²) in [6.45, 7) is 0. The molecule has 0 unspecified atom stereocenters. The fourth-order valence-electron chi connectivity index (χ4n) is 16.1. The van der Waals surface area contributed by atoms with E-state index in [1.165, 1.54) is 32.3 Å². The zero-order valence-electron chi connectivity index (χ0n) is 54.6. The lowest BCUT2D eigenvalue weighted by atomic mass is 10.0. The number of hydrogen-bond donors (Lipinski definition) is 0. The van der Waals surface area contributed by atoms with Gasteiger partial charge in [-0.3, -0.25) is 0 Å². The van der Waals surface area contributed by atoms with Gasteiger partial charge < -0.3 is 27.0 Å². The lowest BCUT2D eigenvalue weighted by Gasteiger charge is -2.12. The van der Waals surface area contributed by atoms with Crippen LogP contribution >= 0.6 is 0 Å². The van der Waals surface area contributed by atoms with Crippen LogP contribution in [0.25, 0.3) is 216 Å². The van der Waals surface area contributed by atoms with Crippen LogP contribution in [0.3, 0.4) is 0 Å². The molecule has 0 spiro atoms. The van der Waals surface area contributed by atoms with Gasteiger partial charge in [-0.2, -0.15) is 0 Å². The molecule has 0 aliphatic heterocycles. The highest BCUT2D eigenvalue weighted by molar-refractivity contribution is 6.15. The Labute approximate surface area is 581 Å². The molecule has 22 rings (SSSR count). The molecule has 7 aromatic heterocycles. The summed E-state index contributed by atoms with van der Waals surface area (Å²) in [4.78, 5) is 16.0. The average Bonchev–Trinajstić information content (AvgIpc) is 1.60. The monoisotopic (exact) mass is 1300 g/mol. The van der Waals surface area contributed by atoms with Gasteiger partial charge in [-0.25, -0.2) is 15.0 Å². The van der Waals surface area contributed by atoms with Crippen LogP contribution in [0, 0.1) is 0 Å². The highest BCUT2D eigenvalue weighted by Crippen LogP contribution is 2.43. The Bertz CT molecular complexity index is 6550. The third-order valence-electron chi connectivity index (χ3n) is 20.9. The molecule has 474 valence electrons. The highest BCUT2D eigenvalue weighted by atomic mass is 16.3. The molecule has 0 radical (unpaired) electrons. The molecule has 0 aliphatic carbocycles. The van der Waals surface area contributed by atoms with Crippen LogP contribution < -0.4 is 0 Å². The molecular formula is C93H54N6O3. The van der Waals surface area contributed by atoms with Gasteiger partial charge in [0.25, 0.3) is 0 Å². The van der Waals surface area contributed by atoms with Crippen molar-refractivity contribution in [1.29, 1.82) is 0 Å². The number of nitrogens with zero attached hydrogens (tertiary/aromatic N) is 6. The van der Waals surface area contributed by atoms with Crippen molar-refractivity contribution >= 4 is 131 Å². The van der Waals surface area contributed by atoms with Gasteiger partial charge in [0.15, 0.2) is 17.5 Å². The Kier molecular flexibility index (Phi) is 12.0. The van der Waals surface area contributed by atoms with E-state index in [0.29, 0.717) is 17.5 Å². The largest absolute Gasteiger partial charge is 0.456 e. The van der Waals surface area contributed by atoms with Crippen LogP contribution in [0.4, 0.5) is 0 Å². The maximum atomic E-state index is 6.34. The van der Waals surface area contributed by atoms with Crippen molar-refractivity contribution in [3.05, 3.63) is 328 Å². The lowest BCUT2D eigenvalue weighted by Crippen LogP contribution is -2.01. The molecule has 7 heterocycles. The van der Waals surface area contributed by atoms with Gasteiger partial charge in [0.05, 0.1) is 33.1 Å². The summed E-state index contributed by atoms with van der Waals surface area (Å²) in [5.74, 6) is 1.70. The zero-order valence-corrected chi connectivity index (χ0v) is 54.6. The summed E-state index contributed by atoms with van der Waals surface area (Å²) >= 11 is 0. The fraction of sp³-hybridized carbons (Fsp3) is 0. The molecule has 0 saturated heterocycles. The first-order valence-electron chi connectivity index (χ1n) is 34.4. The number of aromatic nitrogens is 6. The van der Waals surface area contributed by atoms with Crippen molar-refractivity contribution in [2.24, 2.45) is 0 Å². The van der Waals surface area contributed by atoms with E-state index in [1.54, 1.807) is 0 Å². The molecule has 9 nitrogen and oxygen atoms in total. The normalized spacial score (nSPS) is 12.1. The fourth-order valence-corrected chi connectivity index (χ4v) is 16.1. The molecular weight excluding hydrogens is 1250 g/mol. The SMILES string of the molecule is c1ccc2c(c1)oc1cc(-c3ccc4c(c3)c3ccccc3n4-c3ccc(-c4nc(-c5ccc(-n6c7ccccc7c7cc(-c8ccc9c(c8)oc8ccccc89)ccc76)cc5)nc(-c5ccc(-n6c7ccccc7c7cc(-c8ccc9c(c8)oc8ccccc89)ccc76)cc5)n4)cc3)ccc12. The van der Waals surface area contributed by atoms with Gasteiger partial charge in [0.2, 0.25) is 0 Å². The van der Waals surface area contributed by atoms with E-state index in [0.717, 1.165) is 166 Å². The maximum absolute atomic E-state index is 6.34. The minimum absolute atomic E-state index is 0.568. The molecule has 0 bridgehead atoms. The second kappa shape index (κ2) is 21.8. The van der Waals surface area contributed by atoms with E-state index < -0.39 is 0 Å². The molecule has 102 heavy (non-hydrogen) atoms. The van der Waals surface area contributed by atoms with Gasteiger partial charge in [-0.15, -0.1) is 0 Å². The van der Waals surface area contributed by atoms with E-state index in [4.69, 9.17) is 28.2 Å². The van der Waals surface area contributed by atoms with Crippen LogP contribution in [0.1, 0.15) is 0 Å². The topological polar surface area (TPSA) is 92.9 Å².